The molecule has 0 bridgehead atoms. The molecule has 0 aliphatic carbocycles. The van der Waals surface area contributed by atoms with Gasteiger partial charge in [-0.1, -0.05) is 46.3 Å². The van der Waals surface area contributed by atoms with E-state index in [-0.39, 0.29) is 18.1 Å². The third kappa shape index (κ3) is 4.72. The summed E-state index contributed by atoms with van der Waals surface area (Å²) in [7, 11) is 0. The van der Waals surface area contributed by atoms with Crippen LogP contribution in [-0.4, -0.2) is 43.1 Å². The Hall–Kier alpha value is -1.69. The average Bonchev–Trinajstić information content (AvgIpc) is 2.63. The molecule has 4 nitrogen and oxygen atoms in total. The van der Waals surface area contributed by atoms with E-state index >= 15 is 0 Å². The van der Waals surface area contributed by atoms with Crippen LogP contribution in [0.4, 0.5) is 5.69 Å². The molecule has 1 unspecified atom stereocenters. The highest BCUT2D eigenvalue weighted by Gasteiger charge is 2.26. The van der Waals surface area contributed by atoms with Crippen LogP contribution >= 0.6 is 15.9 Å². The summed E-state index contributed by atoms with van der Waals surface area (Å²) >= 11 is 3.46. The number of nitrogens with zero attached hydrogens (tertiary/aromatic N) is 2. The molecule has 1 heterocycles. The fraction of sp³-hybridized carbons (Fsp3) is 0.381. The second kappa shape index (κ2) is 8.80. The number of carbonyl (C=O) groups excluding carboxylic acids is 1. The van der Waals surface area contributed by atoms with Gasteiger partial charge in [-0.3, -0.25) is 9.69 Å². The van der Waals surface area contributed by atoms with Crippen LogP contribution < -0.4 is 4.90 Å². The number of anilines is 1. The Labute approximate surface area is 163 Å². The normalized spacial score (nSPS) is 18.1. The largest absolute Gasteiger partial charge is 0.371 e. The molecule has 2 aromatic rings. The zero-order valence-electron chi connectivity index (χ0n) is 15.3. The van der Waals surface area contributed by atoms with E-state index in [4.69, 9.17) is 4.74 Å². The highest BCUT2D eigenvalue weighted by Crippen LogP contribution is 2.24. The van der Waals surface area contributed by atoms with E-state index in [1.165, 1.54) is 0 Å². The number of amides is 1. The van der Waals surface area contributed by atoms with Crippen molar-refractivity contribution in [2.24, 2.45) is 0 Å². The van der Waals surface area contributed by atoms with Gasteiger partial charge in [0.05, 0.1) is 19.3 Å². The highest BCUT2D eigenvalue weighted by atomic mass is 79.9. The van der Waals surface area contributed by atoms with Crippen LogP contribution in [0.5, 0.6) is 0 Å². The second-order valence-corrected chi connectivity index (χ2v) is 7.75. The number of carbonyl (C=O) groups is 1. The summed E-state index contributed by atoms with van der Waals surface area (Å²) in [5.74, 6) is 0.127. The van der Waals surface area contributed by atoms with Crippen molar-refractivity contribution >= 4 is 27.5 Å². The minimum atomic E-state index is 0.00822. The molecule has 1 saturated heterocycles. The zero-order chi connectivity index (χ0) is 18.5. The molecule has 1 fully saturated rings. The van der Waals surface area contributed by atoms with Gasteiger partial charge in [0.25, 0.3) is 0 Å². The van der Waals surface area contributed by atoms with Crippen LogP contribution in [0.3, 0.4) is 0 Å². The SMILES string of the molecule is CC(C)N(C(=O)CN1CCOC(c2ccc(Br)cc2)C1)c1ccccc1. The van der Waals surface area contributed by atoms with Gasteiger partial charge in [0.2, 0.25) is 5.91 Å². The molecular weight excluding hydrogens is 392 g/mol. The lowest BCUT2D eigenvalue weighted by molar-refractivity contribution is -0.122. The van der Waals surface area contributed by atoms with Gasteiger partial charge in [-0.15, -0.1) is 0 Å². The molecule has 0 N–H and O–H groups in total. The quantitative estimate of drug-likeness (QED) is 0.729. The van der Waals surface area contributed by atoms with Crippen molar-refractivity contribution in [3.05, 3.63) is 64.6 Å². The van der Waals surface area contributed by atoms with Gasteiger partial charge in [-0.05, 0) is 43.7 Å². The van der Waals surface area contributed by atoms with E-state index in [9.17, 15) is 4.79 Å². The summed E-state index contributed by atoms with van der Waals surface area (Å²) < 4.78 is 6.98. The van der Waals surface area contributed by atoms with Crippen molar-refractivity contribution < 1.29 is 9.53 Å². The van der Waals surface area contributed by atoms with Gasteiger partial charge in [-0.2, -0.15) is 0 Å². The third-order valence-electron chi connectivity index (χ3n) is 4.57. The van der Waals surface area contributed by atoms with Crippen LogP contribution in [0, 0.1) is 0 Å². The van der Waals surface area contributed by atoms with Crippen molar-refractivity contribution in [2.45, 2.75) is 26.0 Å². The van der Waals surface area contributed by atoms with Crippen molar-refractivity contribution in [2.75, 3.05) is 31.1 Å². The molecule has 5 heteroatoms. The molecule has 138 valence electrons. The first-order valence-electron chi connectivity index (χ1n) is 9.01. The Morgan fingerprint density at radius 3 is 2.54 bits per heavy atom. The smallest absolute Gasteiger partial charge is 0.241 e. The Morgan fingerprint density at radius 2 is 1.88 bits per heavy atom. The van der Waals surface area contributed by atoms with E-state index in [0.717, 1.165) is 28.8 Å². The first kappa shape index (κ1) is 19.1. The van der Waals surface area contributed by atoms with Crippen LogP contribution in [0.15, 0.2) is 59.1 Å². The number of halogens is 1. The molecule has 1 amide bonds. The third-order valence-corrected chi connectivity index (χ3v) is 5.10. The lowest BCUT2D eigenvalue weighted by atomic mass is 10.1. The fourth-order valence-electron chi connectivity index (χ4n) is 3.31. The maximum absolute atomic E-state index is 13.0. The molecular formula is C21H25BrN2O2. The molecule has 26 heavy (non-hydrogen) atoms. The second-order valence-electron chi connectivity index (χ2n) is 6.84. The topological polar surface area (TPSA) is 32.8 Å². The minimum Gasteiger partial charge on any atom is -0.371 e. The molecule has 2 aromatic carbocycles. The lowest BCUT2D eigenvalue weighted by Gasteiger charge is -2.35. The van der Waals surface area contributed by atoms with Crippen molar-refractivity contribution in [1.29, 1.82) is 0 Å². The Kier molecular flexibility index (Phi) is 6.46. The highest BCUT2D eigenvalue weighted by molar-refractivity contribution is 9.10. The van der Waals surface area contributed by atoms with Crippen LogP contribution in [0.25, 0.3) is 0 Å². The summed E-state index contributed by atoms with van der Waals surface area (Å²) in [6.07, 6.45) is 0.00822. The van der Waals surface area contributed by atoms with Crippen LogP contribution in [0.2, 0.25) is 0 Å². The van der Waals surface area contributed by atoms with Gasteiger partial charge < -0.3 is 9.64 Å². The molecule has 0 radical (unpaired) electrons. The van der Waals surface area contributed by atoms with Crippen molar-refractivity contribution in [1.82, 2.24) is 4.90 Å². The fourth-order valence-corrected chi connectivity index (χ4v) is 3.58. The number of morpholine rings is 1. The molecule has 0 spiro atoms. The zero-order valence-corrected chi connectivity index (χ0v) is 16.9. The lowest BCUT2D eigenvalue weighted by Crippen LogP contribution is -2.47. The van der Waals surface area contributed by atoms with Crippen molar-refractivity contribution in [3.63, 3.8) is 0 Å². The predicted octanol–water partition coefficient (Wildman–Crippen LogP) is 4.26. The molecule has 3 rings (SSSR count). The number of hydrogen-bond donors (Lipinski definition) is 0. The van der Waals surface area contributed by atoms with E-state index in [0.29, 0.717) is 13.2 Å². The number of para-hydroxylation sites is 1. The maximum Gasteiger partial charge on any atom is 0.241 e. The van der Waals surface area contributed by atoms with Gasteiger partial charge in [0.15, 0.2) is 0 Å². The molecule has 1 aliphatic rings. The first-order valence-corrected chi connectivity index (χ1v) is 9.80. The first-order chi connectivity index (χ1) is 12.5. The van der Waals surface area contributed by atoms with E-state index in [2.05, 4.69) is 46.8 Å². The van der Waals surface area contributed by atoms with Gasteiger partial charge in [0, 0.05) is 29.3 Å². The Morgan fingerprint density at radius 1 is 1.19 bits per heavy atom. The summed E-state index contributed by atoms with van der Waals surface area (Å²) in [5, 5.41) is 0. The van der Waals surface area contributed by atoms with Crippen molar-refractivity contribution in [3.8, 4) is 0 Å². The number of hydrogen-bond acceptors (Lipinski definition) is 3. The van der Waals surface area contributed by atoms with Gasteiger partial charge >= 0.3 is 0 Å². The molecule has 1 atom stereocenters. The summed E-state index contributed by atoms with van der Waals surface area (Å²) in [6.45, 7) is 6.65. The van der Waals surface area contributed by atoms with Gasteiger partial charge in [0.1, 0.15) is 0 Å². The van der Waals surface area contributed by atoms with Gasteiger partial charge in [-0.25, -0.2) is 0 Å². The minimum absolute atomic E-state index is 0.00822. The summed E-state index contributed by atoms with van der Waals surface area (Å²) in [5.41, 5.74) is 2.10. The molecule has 0 aromatic heterocycles. The number of ether oxygens (including phenoxy) is 1. The molecule has 1 aliphatic heterocycles. The van der Waals surface area contributed by atoms with Crippen LogP contribution in [-0.2, 0) is 9.53 Å². The average molecular weight is 417 g/mol. The monoisotopic (exact) mass is 416 g/mol. The standard InChI is InChI=1S/C21H25BrN2O2/c1-16(2)24(19-6-4-3-5-7-19)21(25)15-23-12-13-26-20(14-23)17-8-10-18(22)11-9-17/h3-11,16,20H,12-15H2,1-2H3. The molecule has 0 saturated carbocycles. The maximum atomic E-state index is 13.0. The Bertz CT molecular complexity index is 719. The van der Waals surface area contributed by atoms with E-state index < -0.39 is 0 Å². The number of benzene rings is 2. The van der Waals surface area contributed by atoms with E-state index in [1.807, 2.05) is 47.4 Å². The van der Waals surface area contributed by atoms with Crippen LogP contribution in [0.1, 0.15) is 25.5 Å². The van der Waals surface area contributed by atoms with E-state index in [1.54, 1.807) is 0 Å². The number of rotatable bonds is 5. The summed E-state index contributed by atoms with van der Waals surface area (Å²) in [6, 6.07) is 18.2. The Balaban J connectivity index is 1.67. The summed E-state index contributed by atoms with van der Waals surface area (Å²) in [4.78, 5) is 17.0. The predicted molar refractivity (Wildman–Crippen MR) is 108 cm³/mol.